The van der Waals surface area contributed by atoms with Gasteiger partial charge in [-0.1, -0.05) is 30.3 Å². The number of hydrogen-bond donors (Lipinski definition) is 1. The van der Waals surface area contributed by atoms with Crippen molar-refractivity contribution < 1.29 is 14.3 Å². The van der Waals surface area contributed by atoms with Crippen molar-refractivity contribution >= 4 is 17.2 Å². The third-order valence-corrected chi connectivity index (χ3v) is 6.02. The normalized spacial score (nSPS) is 17.8. The van der Waals surface area contributed by atoms with Crippen molar-refractivity contribution in [3.05, 3.63) is 46.2 Å². The van der Waals surface area contributed by atoms with Crippen molar-refractivity contribution in [2.24, 2.45) is 0 Å². The number of carbonyl (C=O) groups excluding carboxylic acids is 1. The second-order valence-electron chi connectivity index (χ2n) is 6.74. The van der Waals surface area contributed by atoms with Crippen molar-refractivity contribution in [2.45, 2.75) is 18.8 Å². The Morgan fingerprint density at radius 3 is 2.73 bits per heavy atom. The summed E-state index contributed by atoms with van der Waals surface area (Å²) in [5.41, 5.74) is 1.45. The van der Waals surface area contributed by atoms with Gasteiger partial charge in [0, 0.05) is 18.5 Å². The maximum Gasteiger partial charge on any atom is 0.265 e. The average Bonchev–Trinajstić information content (AvgIpc) is 3.13. The number of likely N-dealkylation sites (tertiary alicyclic amines) is 1. The fourth-order valence-corrected chi connectivity index (χ4v) is 4.49. The van der Waals surface area contributed by atoms with E-state index in [9.17, 15) is 4.79 Å². The molecule has 3 heterocycles. The minimum atomic E-state index is -0.0686. The van der Waals surface area contributed by atoms with Crippen LogP contribution in [0.25, 0.3) is 0 Å². The SMILES string of the molecule is O=C(NCCN1CCC(c2ccccc2)CC1)c1scc2c1OCCO2. The van der Waals surface area contributed by atoms with Crippen molar-refractivity contribution in [3.63, 3.8) is 0 Å². The van der Waals surface area contributed by atoms with Crippen molar-refractivity contribution in [1.82, 2.24) is 10.2 Å². The van der Waals surface area contributed by atoms with Crippen LogP contribution >= 0.6 is 11.3 Å². The lowest BCUT2D eigenvalue weighted by molar-refractivity contribution is 0.0940. The molecular formula is C20H24N2O3S. The fraction of sp³-hybridized carbons (Fsp3) is 0.450. The number of nitrogens with zero attached hydrogens (tertiary/aromatic N) is 1. The molecule has 1 N–H and O–H groups in total. The summed E-state index contributed by atoms with van der Waals surface area (Å²) in [7, 11) is 0. The van der Waals surface area contributed by atoms with Gasteiger partial charge < -0.3 is 19.7 Å². The minimum absolute atomic E-state index is 0.0686. The molecule has 0 spiro atoms. The van der Waals surface area contributed by atoms with E-state index in [1.807, 2.05) is 5.38 Å². The van der Waals surface area contributed by atoms with Gasteiger partial charge in [0.2, 0.25) is 0 Å². The van der Waals surface area contributed by atoms with Crippen LogP contribution in [0, 0.1) is 0 Å². The van der Waals surface area contributed by atoms with E-state index in [1.165, 1.54) is 29.7 Å². The number of benzene rings is 1. The summed E-state index contributed by atoms with van der Waals surface area (Å²) in [4.78, 5) is 15.4. The molecule has 1 fully saturated rings. The lowest BCUT2D eigenvalue weighted by Gasteiger charge is -2.32. The number of fused-ring (bicyclic) bond motifs is 1. The molecule has 2 aliphatic rings. The summed E-state index contributed by atoms with van der Waals surface area (Å²) in [6.07, 6.45) is 2.36. The number of thiophene rings is 1. The molecule has 2 aromatic rings. The summed E-state index contributed by atoms with van der Waals surface area (Å²) in [5.74, 6) is 1.88. The van der Waals surface area contributed by atoms with E-state index >= 15 is 0 Å². The smallest absolute Gasteiger partial charge is 0.265 e. The van der Waals surface area contributed by atoms with Gasteiger partial charge in [-0.2, -0.15) is 0 Å². The molecule has 0 aliphatic carbocycles. The Labute approximate surface area is 157 Å². The van der Waals surface area contributed by atoms with Crippen LogP contribution in [0.5, 0.6) is 11.5 Å². The Morgan fingerprint density at radius 1 is 1.15 bits per heavy atom. The van der Waals surface area contributed by atoms with Gasteiger partial charge >= 0.3 is 0 Å². The van der Waals surface area contributed by atoms with Gasteiger partial charge in [-0.15, -0.1) is 11.3 Å². The van der Waals surface area contributed by atoms with E-state index in [0.29, 0.717) is 42.1 Å². The Kier molecular flexibility index (Phi) is 5.41. The van der Waals surface area contributed by atoms with E-state index in [1.54, 1.807) is 0 Å². The Balaban J connectivity index is 1.22. The van der Waals surface area contributed by atoms with Gasteiger partial charge in [-0.25, -0.2) is 0 Å². The molecule has 2 aliphatic heterocycles. The van der Waals surface area contributed by atoms with Gasteiger partial charge in [0.25, 0.3) is 5.91 Å². The molecule has 0 radical (unpaired) electrons. The Morgan fingerprint density at radius 2 is 1.92 bits per heavy atom. The molecule has 138 valence electrons. The number of rotatable bonds is 5. The maximum atomic E-state index is 12.4. The predicted molar refractivity (Wildman–Crippen MR) is 102 cm³/mol. The first kappa shape index (κ1) is 17.4. The molecule has 0 saturated carbocycles. The van der Waals surface area contributed by atoms with Crippen molar-refractivity contribution in [1.29, 1.82) is 0 Å². The van der Waals surface area contributed by atoms with Crippen LogP contribution in [0.1, 0.15) is 34.0 Å². The number of ether oxygens (including phenoxy) is 2. The van der Waals surface area contributed by atoms with Gasteiger partial charge in [-0.05, 0) is 37.4 Å². The number of piperidine rings is 1. The van der Waals surface area contributed by atoms with Crippen LogP contribution in [0.2, 0.25) is 0 Å². The van der Waals surface area contributed by atoms with Gasteiger partial charge in [-0.3, -0.25) is 4.79 Å². The van der Waals surface area contributed by atoms with E-state index in [-0.39, 0.29) is 5.91 Å². The molecule has 0 bridgehead atoms. The lowest BCUT2D eigenvalue weighted by Crippen LogP contribution is -2.39. The molecule has 26 heavy (non-hydrogen) atoms. The van der Waals surface area contributed by atoms with E-state index in [2.05, 4.69) is 40.5 Å². The number of carbonyl (C=O) groups is 1. The second-order valence-corrected chi connectivity index (χ2v) is 7.62. The standard InChI is InChI=1S/C20H24N2O3S/c23-20(19-18-17(14-26-19)24-12-13-25-18)21-8-11-22-9-6-16(7-10-22)15-4-2-1-3-5-15/h1-5,14,16H,6-13H2,(H,21,23). The highest BCUT2D eigenvalue weighted by Gasteiger charge is 2.24. The van der Waals surface area contributed by atoms with Crippen LogP contribution in [-0.4, -0.2) is 50.2 Å². The van der Waals surface area contributed by atoms with Gasteiger partial charge in [0.05, 0.1) is 0 Å². The Bertz CT molecular complexity index is 739. The summed E-state index contributed by atoms with van der Waals surface area (Å²) in [6, 6.07) is 10.8. The molecule has 1 aromatic carbocycles. The largest absolute Gasteiger partial charge is 0.485 e. The van der Waals surface area contributed by atoms with Crippen LogP contribution in [0.3, 0.4) is 0 Å². The van der Waals surface area contributed by atoms with Crippen LogP contribution in [-0.2, 0) is 0 Å². The first-order valence-electron chi connectivity index (χ1n) is 9.24. The zero-order valence-electron chi connectivity index (χ0n) is 14.8. The highest BCUT2D eigenvalue weighted by atomic mass is 32.1. The highest BCUT2D eigenvalue weighted by molar-refractivity contribution is 7.12. The summed E-state index contributed by atoms with van der Waals surface area (Å²) in [5, 5.41) is 4.86. The quantitative estimate of drug-likeness (QED) is 0.876. The van der Waals surface area contributed by atoms with Crippen LogP contribution < -0.4 is 14.8 Å². The van der Waals surface area contributed by atoms with E-state index in [4.69, 9.17) is 9.47 Å². The fourth-order valence-electron chi connectivity index (χ4n) is 3.64. The Hall–Kier alpha value is -2.05. The molecule has 4 rings (SSSR count). The monoisotopic (exact) mass is 372 g/mol. The summed E-state index contributed by atoms with van der Waals surface area (Å²) < 4.78 is 11.1. The molecule has 5 nitrogen and oxygen atoms in total. The zero-order valence-corrected chi connectivity index (χ0v) is 15.6. The predicted octanol–water partition coefficient (Wildman–Crippen LogP) is 3.13. The molecule has 0 unspecified atom stereocenters. The summed E-state index contributed by atoms with van der Waals surface area (Å²) in [6.45, 7) is 4.76. The number of nitrogens with one attached hydrogen (secondary N) is 1. The van der Waals surface area contributed by atoms with Gasteiger partial charge in [0.1, 0.15) is 18.1 Å². The first-order valence-corrected chi connectivity index (χ1v) is 10.1. The summed E-state index contributed by atoms with van der Waals surface area (Å²) >= 11 is 1.38. The van der Waals surface area contributed by atoms with E-state index < -0.39 is 0 Å². The molecule has 1 aromatic heterocycles. The lowest BCUT2D eigenvalue weighted by atomic mass is 9.89. The van der Waals surface area contributed by atoms with E-state index in [0.717, 1.165) is 19.6 Å². The second kappa shape index (κ2) is 8.10. The zero-order chi connectivity index (χ0) is 17.8. The molecule has 1 amide bonds. The average molecular weight is 372 g/mol. The van der Waals surface area contributed by atoms with Gasteiger partial charge in [0.15, 0.2) is 11.5 Å². The number of hydrogen-bond acceptors (Lipinski definition) is 5. The minimum Gasteiger partial charge on any atom is -0.485 e. The third-order valence-electron chi connectivity index (χ3n) is 5.08. The number of amides is 1. The highest BCUT2D eigenvalue weighted by Crippen LogP contribution is 2.39. The topological polar surface area (TPSA) is 50.8 Å². The molecule has 1 saturated heterocycles. The van der Waals surface area contributed by atoms with Crippen LogP contribution in [0.15, 0.2) is 35.7 Å². The molecule has 6 heteroatoms. The van der Waals surface area contributed by atoms with Crippen molar-refractivity contribution in [2.75, 3.05) is 39.4 Å². The maximum absolute atomic E-state index is 12.4. The molecular weight excluding hydrogens is 348 g/mol. The van der Waals surface area contributed by atoms with Crippen LogP contribution in [0.4, 0.5) is 0 Å². The first-order chi connectivity index (χ1) is 12.8. The third kappa shape index (κ3) is 3.86. The van der Waals surface area contributed by atoms with Crippen molar-refractivity contribution in [3.8, 4) is 11.5 Å². The molecule has 0 atom stereocenters.